The van der Waals surface area contributed by atoms with Crippen LogP contribution in [-0.4, -0.2) is 38.5 Å². The highest BCUT2D eigenvalue weighted by Gasteiger charge is 2.16. The van der Waals surface area contributed by atoms with E-state index >= 15 is 0 Å². The Balaban J connectivity index is 1.48. The van der Waals surface area contributed by atoms with Gasteiger partial charge < -0.3 is 19.5 Å². The van der Waals surface area contributed by atoms with Crippen LogP contribution in [0, 0.1) is 0 Å². The molecule has 0 radical (unpaired) electrons. The van der Waals surface area contributed by atoms with Crippen LogP contribution in [0.25, 0.3) is 0 Å². The average molecular weight is 434 g/mol. The van der Waals surface area contributed by atoms with E-state index in [0.29, 0.717) is 22.8 Å². The summed E-state index contributed by atoms with van der Waals surface area (Å²) in [5, 5.41) is 6.38. The fraction of sp³-hybridized carbons (Fsp3) is 0.167. The third-order valence-electron chi connectivity index (χ3n) is 3.62. The number of methoxy groups -OCH3 is 1. The average Bonchev–Trinajstić information content (AvgIpc) is 3.14. The molecule has 8 nitrogen and oxygen atoms in total. The van der Waals surface area contributed by atoms with Gasteiger partial charge in [0.05, 0.1) is 24.3 Å². The molecule has 2 aromatic carbocycles. The number of nitrogens with one attached hydrogen (secondary N) is 2. The number of hydrogen-bond donors (Lipinski definition) is 2. The summed E-state index contributed by atoms with van der Waals surface area (Å²) in [6, 6.07) is 10.2. The number of carbonyl (C=O) groups excluding carboxylic acids is 2. The van der Waals surface area contributed by atoms with Gasteiger partial charge in [0.15, 0.2) is 11.5 Å². The van der Waals surface area contributed by atoms with Crippen LogP contribution in [-0.2, 0) is 4.79 Å². The highest BCUT2D eigenvalue weighted by Crippen LogP contribution is 2.32. The summed E-state index contributed by atoms with van der Waals surface area (Å²) in [5.41, 5.74) is 3.50. The van der Waals surface area contributed by atoms with Crippen LogP contribution in [0.15, 0.2) is 46.0 Å². The van der Waals surface area contributed by atoms with Crippen LogP contribution in [0.2, 0.25) is 0 Å². The second-order valence-corrected chi connectivity index (χ2v) is 6.29. The number of benzene rings is 2. The Morgan fingerprint density at radius 3 is 2.81 bits per heavy atom. The first kappa shape index (κ1) is 18.7. The van der Waals surface area contributed by atoms with Gasteiger partial charge in [0.2, 0.25) is 6.79 Å². The molecule has 0 atom stereocenters. The molecule has 0 bridgehead atoms. The predicted octanol–water partition coefficient (Wildman–Crippen LogP) is 2.07. The Kier molecular flexibility index (Phi) is 5.92. The normalized spacial score (nSPS) is 12.1. The molecular formula is C18H16BrN3O5. The van der Waals surface area contributed by atoms with E-state index in [1.54, 1.807) is 43.5 Å². The van der Waals surface area contributed by atoms with Crippen LogP contribution in [0.4, 0.5) is 0 Å². The number of ether oxygens (including phenoxy) is 3. The number of hydrazone groups is 1. The molecule has 3 rings (SSSR count). The minimum Gasteiger partial charge on any atom is -0.496 e. The zero-order valence-corrected chi connectivity index (χ0v) is 15.9. The quantitative estimate of drug-likeness (QED) is 0.536. The summed E-state index contributed by atoms with van der Waals surface area (Å²) in [6.07, 6.45) is 1.49. The number of amides is 2. The van der Waals surface area contributed by atoms with E-state index in [0.717, 1.165) is 10.0 Å². The van der Waals surface area contributed by atoms with Crippen molar-refractivity contribution in [3.8, 4) is 17.2 Å². The molecular weight excluding hydrogens is 418 g/mol. The predicted molar refractivity (Wildman–Crippen MR) is 101 cm³/mol. The van der Waals surface area contributed by atoms with Crippen molar-refractivity contribution in [2.24, 2.45) is 5.10 Å². The van der Waals surface area contributed by atoms with Crippen molar-refractivity contribution >= 4 is 34.0 Å². The summed E-state index contributed by atoms with van der Waals surface area (Å²) in [6.45, 7) is -0.0808. The summed E-state index contributed by atoms with van der Waals surface area (Å²) in [7, 11) is 1.58. The molecule has 9 heteroatoms. The van der Waals surface area contributed by atoms with Crippen molar-refractivity contribution < 1.29 is 23.8 Å². The maximum Gasteiger partial charge on any atom is 0.259 e. The van der Waals surface area contributed by atoms with Gasteiger partial charge in [0.1, 0.15) is 5.75 Å². The summed E-state index contributed by atoms with van der Waals surface area (Å²) >= 11 is 3.37. The zero-order valence-electron chi connectivity index (χ0n) is 14.3. The van der Waals surface area contributed by atoms with Crippen molar-refractivity contribution in [2.45, 2.75) is 0 Å². The van der Waals surface area contributed by atoms with Crippen LogP contribution in [0.5, 0.6) is 17.2 Å². The summed E-state index contributed by atoms with van der Waals surface area (Å²) < 4.78 is 16.3. The molecule has 2 aromatic rings. The van der Waals surface area contributed by atoms with E-state index in [1.807, 2.05) is 0 Å². The molecule has 27 heavy (non-hydrogen) atoms. The lowest BCUT2D eigenvalue weighted by atomic mass is 10.2. The SMILES string of the molecule is COc1ccc(/C=N\NC(=O)CNC(=O)c2ccc3c(c2)OCO3)cc1Br. The standard InChI is InChI=1S/C18H16BrN3O5/c1-25-14-4-2-11(6-13(14)19)8-21-22-17(23)9-20-18(24)12-3-5-15-16(7-12)27-10-26-15/h2-8H,9-10H2,1H3,(H,20,24)(H,22,23)/b21-8-. The van der Waals surface area contributed by atoms with Crippen LogP contribution < -0.4 is 25.0 Å². The molecule has 2 amide bonds. The molecule has 0 unspecified atom stereocenters. The molecule has 0 spiro atoms. The van der Waals surface area contributed by atoms with E-state index in [2.05, 4.69) is 31.8 Å². The van der Waals surface area contributed by atoms with Crippen molar-refractivity contribution in [2.75, 3.05) is 20.4 Å². The maximum absolute atomic E-state index is 12.1. The summed E-state index contributed by atoms with van der Waals surface area (Å²) in [5.74, 6) is 0.938. The van der Waals surface area contributed by atoms with Crippen molar-refractivity contribution in [1.29, 1.82) is 0 Å². The van der Waals surface area contributed by atoms with Gasteiger partial charge in [-0.1, -0.05) is 0 Å². The number of rotatable bonds is 6. The first-order valence-corrected chi connectivity index (χ1v) is 8.69. The minimum atomic E-state index is -0.451. The number of halogens is 1. The number of fused-ring (bicyclic) bond motifs is 1. The van der Waals surface area contributed by atoms with Gasteiger partial charge in [-0.25, -0.2) is 5.43 Å². The van der Waals surface area contributed by atoms with E-state index in [1.165, 1.54) is 6.21 Å². The Morgan fingerprint density at radius 2 is 2.04 bits per heavy atom. The van der Waals surface area contributed by atoms with Gasteiger partial charge in [-0.2, -0.15) is 5.10 Å². The van der Waals surface area contributed by atoms with Gasteiger partial charge >= 0.3 is 0 Å². The van der Waals surface area contributed by atoms with Gasteiger partial charge in [-0.15, -0.1) is 0 Å². The molecule has 0 aromatic heterocycles. The van der Waals surface area contributed by atoms with Crippen molar-refractivity contribution in [3.63, 3.8) is 0 Å². The molecule has 2 N–H and O–H groups in total. The lowest BCUT2D eigenvalue weighted by Gasteiger charge is -2.05. The van der Waals surface area contributed by atoms with E-state index in [-0.39, 0.29) is 13.3 Å². The molecule has 1 aliphatic heterocycles. The fourth-order valence-corrected chi connectivity index (χ4v) is 2.84. The Bertz CT molecular complexity index is 901. The van der Waals surface area contributed by atoms with Gasteiger partial charge in [0, 0.05) is 5.56 Å². The van der Waals surface area contributed by atoms with Gasteiger partial charge in [0.25, 0.3) is 11.8 Å². The minimum absolute atomic E-state index is 0.131. The van der Waals surface area contributed by atoms with Crippen LogP contribution in [0.1, 0.15) is 15.9 Å². The van der Waals surface area contributed by atoms with Gasteiger partial charge in [-0.3, -0.25) is 9.59 Å². The fourth-order valence-electron chi connectivity index (χ4n) is 2.28. The highest BCUT2D eigenvalue weighted by molar-refractivity contribution is 9.10. The monoisotopic (exact) mass is 433 g/mol. The molecule has 0 aliphatic carbocycles. The van der Waals surface area contributed by atoms with Crippen LogP contribution >= 0.6 is 15.9 Å². The molecule has 0 fully saturated rings. The Hall–Kier alpha value is -3.07. The summed E-state index contributed by atoms with van der Waals surface area (Å²) in [4.78, 5) is 23.9. The van der Waals surface area contributed by atoms with Gasteiger partial charge in [-0.05, 0) is 57.9 Å². The number of nitrogens with zero attached hydrogens (tertiary/aromatic N) is 1. The molecule has 0 saturated heterocycles. The third kappa shape index (κ3) is 4.76. The Morgan fingerprint density at radius 1 is 1.22 bits per heavy atom. The number of hydrogen-bond acceptors (Lipinski definition) is 6. The van der Waals surface area contributed by atoms with E-state index in [9.17, 15) is 9.59 Å². The second-order valence-electron chi connectivity index (χ2n) is 5.44. The Labute approximate surface area is 163 Å². The molecule has 1 heterocycles. The maximum atomic E-state index is 12.1. The van der Waals surface area contributed by atoms with Crippen molar-refractivity contribution in [3.05, 3.63) is 52.0 Å². The topological polar surface area (TPSA) is 98.2 Å². The van der Waals surface area contributed by atoms with E-state index < -0.39 is 11.8 Å². The first-order valence-electron chi connectivity index (χ1n) is 7.90. The highest BCUT2D eigenvalue weighted by atomic mass is 79.9. The van der Waals surface area contributed by atoms with E-state index in [4.69, 9.17) is 14.2 Å². The number of carbonyl (C=O) groups is 2. The lowest BCUT2D eigenvalue weighted by Crippen LogP contribution is -2.34. The van der Waals surface area contributed by atoms with Crippen molar-refractivity contribution in [1.82, 2.24) is 10.7 Å². The third-order valence-corrected chi connectivity index (χ3v) is 4.24. The molecule has 140 valence electrons. The zero-order chi connectivity index (χ0) is 19.2. The smallest absolute Gasteiger partial charge is 0.259 e. The van der Waals surface area contributed by atoms with Crippen LogP contribution in [0.3, 0.4) is 0 Å². The largest absolute Gasteiger partial charge is 0.496 e. The molecule has 1 aliphatic rings. The first-order chi connectivity index (χ1) is 13.1. The second kappa shape index (κ2) is 8.54. The lowest BCUT2D eigenvalue weighted by molar-refractivity contribution is -0.120. The molecule has 0 saturated carbocycles.